The Morgan fingerprint density at radius 1 is 1.57 bits per heavy atom. The molecule has 0 saturated heterocycles. The van der Waals surface area contributed by atoms with E-state index in [1.54, 1.807) is 13.0 Å². The zero-order valence-corrected chi connectivity index (χ0v) is 8.61. The summed E-state index contributed by atoms with van der Waals surface area (Å²) in [6, 6.07) is 1.70. The van der Waals surface area contributed by atoms with Crippen molar-refractivity contribution in [3.63, 3.8) is 0 Å². The maximum absolute atomic E-state index is 13.7. The number of ether oxygens (including phenoxy) is 1. The third-order valence-corrected chi connectivity index (χ3v) is 2.95. The molecule has 0 spiro atoms. The van der Waals surface area contributed by atoms with E-state index in [1.807, 2.05) is 0 Å². The number of hydrogen-bond donors (Lipinski definition) is 1. The number of thiazole rings is 1. The summed E-state index contributed by atoms with van der Waals surface area (Å²) < 4.78 is 19.2. The van der Waals surface area contributed by atoms with Crippen molar-refractivity contribution in [3.05, 3.63) is 17.4 Å². The largest absolute Gasteiger partial charge is 0.496 e. The fraction of sp³-hybridized carbons (Fsp3) is 0.222. The Morgan fingerprint density at radius 3 is 2.93 bits per heavy atom. The van der Waals surface area contributed by atoms with Gasteiger partial charge in [0.15, 0.2) is 5.13 Å². The van der Waals surface area contributed by atoms with Crippen LogP contribution in [0.1, 0.15) is 5.56 Å². The van der Waals surface area contributed by atoms with Crippen LogP contribution in [0.3, 0.4) is 0 Å². The summed E-state index contributed by atoms with van der Waals surface area (Å²) in [5.41, 5.74) is 6.54. The number of nitrogen functional groups attached to an aromatic ring is 1. The van der Waals surface area contributed by atoms with Gasteiger partial charge in [-0.2, -0.15) is 0 Å². The van der Waals surface area contributed by atoms with Gasteiger partial charge in [-0.1, -0.05) is 11.3 Å². The lowest BCUT2D eigenvalue weighted by atomic mass is 10.2. The van der Waals surface area contributed by atoms with Gasteiger partial charge in [-0.15, -0.1) is 0 Å². The van der Waals surface area contributed by atoms with Crippen molar-refractivity contribution in [2.75, 3.05) is 12.8 Å². The zero-order chi connectivity index (χ0) is 10.3. The Kier molecular flexibility index (Phi) is 2.03. The second-order valence-electron chi connectivity index (χ2n) is 2.92. The van der Waals surface area contributed by atoms with Gasteiger partial charge in [0.1, 0.15) is 11.6 Å². The van der Waals surface area contributed by atoms with E-state index in [0.29, 0.717) is 26.7 Å². The molecule has 1 aromatic carbocycles. The monoisotopic (exact) mass is 212 g/mol. The first-order chi connectivity index (χ1) is 6.63. The van der Waals surface area contributed by atoms with Crippen LogP contribution in [-0.2, 0) is 0 Å². The zero-order valence-electron chi connectivity index (χ0n) is 7.80. The maximum Gasteiger partial charge on any atom is 0.181 e. The van der Waals surface area contributed by atoms with Crippen LogP contribution in [0.2, 0.25) is 0 Å². The summed E-state index contributed by atoms with van der Waals surface area (Å²) >= 11 is 1.15. The minimum absolute atomic E-state index is 0.298. The number of nitrogens with zero attached hydrogens (tertiary/aromatic N) is 1. The average molecular weight is 212 g/mol. The molecular formula is C9H9FN2OS. The molecule has 0 fully saturated rings. The quantitative estimate of drug-likeness (QED) is 0.789. The highest BCUT2D eigenvalue weighted by Gasteiger charge is 2.13. The fourth-order valence-electron chi connectivity index (χ4n) is 1.33. The van der Waals surface area contributed by atoms with Gasteiger partial charge in [0.2, 0.25) is 0 Å². The van der Waals surface area contributed by atoms with Crippen LogP contribution in [0.15, 0.2) is 6.07 Å². The second kappa shape index (κ2) is 3.09. The van der Waals surface area contributed by atoms with Crippen molar-refractivity contribution in [1.82, 2.24) is 4.98 Å². The van der Waals surface area contributed by atoms with E-state index < -0.39 is 0 Å². The van der Waals surface area contributed by atoms with Gasteiger partial charge in [-0.3, -0.25) is 0 Å². The Morgan fingerprint density at radius 2 is 2.29 bits per heavy atom. The Labute approximate surface area is 84.3 Å². The minimum atomic E-state index is -0.298. The molecule has 0 aliphatic carbocycles. The number of aromatic nitrogens is 1. The first-order valence-electron chi connectivity index (χ1n) is 4.02. The molecule has 14 heavy (non-hydrogen) atoms. The Balaban J connectivity index is 2.84. The molecule has 0 saturated carbocycles. The summed E-state index contributed by atoms with van der Waals surface area (Å²) in [4.78, 5) is 4.00. The lowest BCUT2D eigenvalue weighted by Gasteiger charge is -2.04. The third kappa shape index (κ3) is 1.21. The van der Waals surface area contributed by atoms with E-state index in [4.69, 9.17) is 10.5 Å². The molecule has 0 atom stereocenters. The number of methoxy groups -OCH3 is 1. The van der Waals surface area contributed by atoms with E-state index in [0.717, 1.165) is 11.3 Å². The van der Waals surface area contributed by atoms with Crippen molar-refractivity contribution in [3.8, 4) is 5.75 Å². The minimum Gasteiger partial charge on any atom is -0.496 e. The topological polar surface area (TPSA) is 48.1 Å². The highest BCUT2D eigenvalue weighted by molar-refractivity contribution is 7.22. The molecule has 5 heteroatoms. The molecule has 2 aromatic rings. The molecule has 0 aliphatic heterocycles. The predicted molar refractivity (Wildman–Crippen MR) is 55.3 cm³/mol. The Hall–Kier alpha value is -1.36. The summed E-state index contributed by atoms with van der Waals surface area (Å²) in [6.07, 6.45) is 0. The van der Waals surface area contributed by atoms with Crippen molar-refractivity contribution in [1.29, 1.82) is 0 Å². The normalized spacial score (nSPS) is 10.8. The fourth-order valence-corrected chi connectivity index (χ4v) is 2.13. The first kappa shape index (κ1) is 9.21. The summed E-state index contributed by atoms with van der Waals surface area (Å²) in [5.74, 6) is 0.203. The molecule has 0 aliphatic rings. The lowest BCUT2D eigenvalue weighted by Crippen LogP contribution is -1.91. The number of halogens is 1. The molecule has 74 valence electrons. The number of fused-ring (bicyclic) bond motifs is 1. The SMILES string of the molecule is COc1cc2nc(N)sc2c(F)c1C. The summed E-state index contributed by atoms with van der Waals surface area (Å²) in [7, 11) is 1.50. The van der Waals surface area contributed by atoms with Gasteiger partial charge < -0.3 is 10.5 Å². The van der Waals surface area contributed by atoms with Crippen LogP contribution in [0.4, 0.5) is 9.52 Å². The molecule has 3 nitrogen and oxygen atoms in total. The number of anilines is 1. The lowest BCUT2D eigenvalue weighted by molar-refractivity contribution is 0.408. The molecule has 0 radical (unpaired) electrons. The van der Waals surface area contributed by atoms with Gasteiger partial charge in [-0.05, 0) is 6.92 Å². The third-order valence-electron chi connectivity index (χ3n) is 2.06. The van der Waals surface area contributed by atoms with E-state index in [1.165, 1.54) is 7.11 Å². The highest BCUT2D eigenvalue weighted by Crippen LogP contribution is 2.33. The van der Waals surface area contributed by atoms with Gasteiger partial charge in [0.25, 0.3) is 0 Å². The van der Waals surface area contributed by atoms with Crippen molar-refractivity contribution < 1.29 is 9.13 Å². The van der Waals surface area contributed by atoms with Gasteiger partial charge in [0.05, 0.1) is 17.3 Å². The van der Waals surface area contributed by atoms with Crippen LogP contribution in [0.25, 0.3) is 10.2 Å². The van der Waals surface area contributed by atoms with Gasteiger partial charge in [-0.25, -0.2) is 9.37 Å². The van der Waals surface area contributed by atoms with Gasteiger partial charge >= 0.3 is 0 Å². The summed E-state index contributed by atoms with van der Waals surface area (Å²) in [6.45, 7) is 1.67. The molecule has 1 heterocycles. The molecular weight excluding hydrogens is 203 g/mol. The van der Waals surface area contributed by atoms with Crippen LogP contribution >= 0.6 is 11.3 Å². The standard InChI is InChI=1S/C9H9FN2OS/c1-4-6(13-2)3-5-8(7(4)10)14-9(11)12-5/h3H,1-2H3,(H2,11,12). The average Bonchev–Trinajstić information content (AvgIpc) is 2.52. The van der Waals surface area contributed by atoms with Crippen LogP contribution in [-0.4, -0.2) is 12.1 Å². The van der Waals surface area contributed by atoms with Crippen molar-refractivity contribution >= 4 is 26.7 Å². The molecule has 0 unspecified atom stereocenters. The molecule has 2 N–H and O–H groups in total. The smallest absolute Gasteiger partial charge is 0.181 e. The number of benzene rings is 1. The van der Waals surface area contributed by atoms with E-state index in [2.05, 4.69) is 4.98 Å². The van der Waals surface area contributed by atoms with E-state index in [9.17, 15) is 4.39 Å². The van der Waals surface area contributed by atoms with Crippen molar-refractivity contribution in [2.45, 2.75) is 6.92 Å². The van der Waals surface area contributed by atoms with Crippen LogP contribution < -0.4 is 10.5 Å². The Bertz CT molecular complexity index is 495. The number of nitrogens with two attached hydrogens (primary N) is 1. The molecule has 1 aromatic heterocycles. The van der Waals surface area contributed by atoms with Gasteiger partial charge in [0, 0.05) is 11.6 Å². The molecule has 2 rings (SSSR count). The van der Waals surface area contributed by atoms with Crippen molar-refractivity contribution in [2.24, 2.45) is 0 Å². The molecule has 0 bridgehead atoms. The maximum atomic E-state index is 13.7. The summed E-state index contributed by atoms with van der Waals surface area (Å²) in [5, 5.41) is 0.367. The first-order valence-corrected chi connectivity index (χ1v) is 4.84. The number of hydrogen-bond acceptors (Lipinski definition) is 4. The van der Waals surface area contributed by atoms with Crippen LogP contribution in [0, 0.1) is 12.7 Å². The predicted octanol–water partition coefficient (Wildman–Crippen LogP) is 2.33. The van der Waals surface area contributed by atoms with E-state index >= 15 is 0 Å². The number of rotatable bonds is 1. The highest BCUT2D eigenvalue weighted by atomic mass is 32.1. The van der Waals surface area contributed by atoms with E-state index in [-0.39, 0.29) is 5.82 Å². The van der Waals surface area contributed by atoms with Crippen LogP contribution in [0.5, 0.6) is 5.75 Å². The second-order valence-corrected chi connectivity index (χ2v) is 3.95. The molecule has 0 amide bonds.